The molecule has 0 atom stereocenters. The Labute approximate surface area is 122 Å². The Kier molecular flexibility index (Phi) is 8.95. The highest BCUT2D eigenvalue weighted by molar-refractivity contribution is 6.03. The van der Waals surface area contributed by atoms with Gasteiger partial charge in [-0.2, -0.15) is 0 Å². The molecule has 0 aliphatic rings. The second-order valence-electron chi connectivity index (χ2n) is 3.41. The fourth-order valence-electron chi connectivity index (χ4n) is 1.44. The topological polar surface area (TPSA) is 116 Å². The van der Waals surface area contributed by atoms with Gasteiger partial charge < -0.3 is 21.3 Å². The number of carboxylic acid groups (broad SMARTS) is 1. The summed E-state index contributed by atoms with van der Waals surface area (Å²) in [5, 5.41) is 8.91. The molecule has 1 rings (SSSR count). The molecule has 0 radical (unpaired) electrons. The smallest absolute Gasteiger partial charge is 0.339 e. The first-order valence-electron chi connectivity index (χ1n) is 4.95. The Balaban J connectivity index is 0. The number of ether oxygens (including phenoxy) is 1. The fourth-order valence-corrected chi connectivity index (χ4v) is 1.44. The van der Waals surface area contributed by atoms with Gasteiger partial charge in [0, 0.05) is 17.7 Å². The van der Waals surface area contributed by atoms with Crippen molar-refractivity contribution in [3.8, 4) is 5.75 Å². The predicted octanol–water partition coefficient (Wildman–Crippen LogP) is 1.35. The maximum Gasteiger partial charge on any atom is 0.339 e. The summed E-state index contributed by atoms with van der Waals surface area (Å²) < 4.78 is 4.91. The molecule has 1 aromatic rings. The summed E-state index contributed by atoms with van der Waals surface area (Å²) in [7, 11) is 1.33. The summed E-state index contributed by atoms with van der Waals surface area (Å²) in [6, 6.07) is 2.54. The Morgan fingerprint density at radius 3 is 2.26 bits per heavy atom. The van der Waals surface area contributed by atoms with Crippen LogP contribution in [0, 0.1) is 0 Å². The number of nitrogen functional groups attached to an aromatic ring is 1. The number of carbonyl (C=O) groups excluding carboxylic acids is 1. The summed E-state index contributed by atoms with van der Waals surface area (Å²) in [5.41, 5.74) is 11.2. The van der Waals surface area contributed by atoms with Gasteiger partial charge >= 0.3 is 5.97 Å². The van der Waals surface area contributed by atoms with Crippen molar-refractivity contribution in [3.63, 3.8) is 0 Å². The Morgan fingerprint density at radius 2 is 1.84 bits per heavy atom. The lowest BCUT2D eigenvalue weighted by molar-refractivity contribution is 0.0692. The van der Waals surface area contributed by atoms with Crippen LogP contribution >= 0.6 is 24.8 Å². The largest absolute Gasteiger partial charge is 0.496 e. The van der Waals surface area contributed by atoms with Crippen LogP contribution in [0.5, 0.6) is 5.75 Å². The van der Waals surface area contributed by atoms with Gasteiger partial charge in [-0.25, -0.2) is 4.79 Å². The maximum absolute atomic E-state index is 11.7. The number of Topliss-reactive ketones (excluding diaryl/α,β-unsaturated/α-hetero) is 1. The molecule has 0 aromatic heterocycles. The van der Waals surface area contributed by atoms with Gasteiger partial charge in [-0.1, -0.05) is 0 Å². The van der Waals surface area contributed by atoms with Crippen LogP contribution in [0.15, 0.2) is 12.1 Å². The molecule has 0 unspecified atom stereocenters. The Hall–Kier alpha value is -1.50. The van der Waals surface area contributed by atoms with E-state index in [9.17, 15) is 9.59 Å². The van der Waals surface area contributed by atoms with E-state index in [1.54, 1.807) is 0 Å². The van der Waals surface area contributed by atoms with Crippen LogP contribution in [0.4, 0.5) is 5.69 Å². The van der Waals surface area contributed by atoms with Gasteiger partial charge in [-0.15, -0.1) is 24.8 Å². The number of ketones is 1. The van der Waals surface area contributed by atoms with Crippen molar-refractivity contribution in [2.45, 2.75) is 6.42 Å². The van der Waals surface area contributed by atoms with Crippen molar-refractivity contribution in [2.75, 3.05) is 19.4 Å². The van der Waals surface area contributed by atoms with Crippen molar-refractivity contribution in [1.29, 1.82) is 0 Å². The minimum Gasteiger partial charge on any atom is -0.496 e. The quantitative estimate of drug-likeness (QED) is 0.558. The summed E-state index contributed by atoms with van der Waals surface area (Å²) in [6.07, 6.45) is 0.153. The highest BCUT2D eigenvalue weighted by Gasteiger charge is 2.17. The highest BCUT2D eigenvalue weighted by atomic mass is 35.5. The maximum atomic E-state index is 11.7. The Morgan fingerprint density at radius 1 is 1.26 bits per heavy atom. The van der Waals surface area contributed by atoms with Crippen molar-refractivity contribution < 1.29 is 19.4 Å². The molecule has 0 bridgehead atoms. The van der Waals surface area contributed by atoms with Crippen molar-refractivity contribution in [2.24, 2.45) is 5.73 Å². The molecule has 0 aliphatic heterocycles. The van der Waals surface area contributed by atoms with Gasteiger partial charge in [0.15, 0.2) is 5.78 Å². The summed E-state index contributed by atoms with van der Waals surface area (Å²) in [4.78, 5) is 22.6. The van der Waals surface area contributed by atoms with Gasteiger partial charge in [-0.3, -0.25) is 4.79 Å². The van der Waals surface area contributed by atoms with E-state index in [1.165, 1.54) is 19.2 Å². The molecule has 1 aromatic carbocycles. The number of aromatic carboxylic acids is 1. The van der Waals surface area contributed by atoms with Crippen LogP contribution in [0.2, 0.25) is 0 Å². The Bertz CT molecular complexity index is 466. The molecule has 0 aliphatic carbocycles. The minimum atomic E-state index is -1.16. The zero-order valence-electron chi connectivity index (χ0n) is 10.2. The van der Waals surface area contributed by atoms with Crippen LogP contribution < -0.4 is 16.2 Å². The third kappa shape index (κ3) is 4.59. The number of carbonyl (C=O) groups is 2. The standard InChI is InChI=1S/C11H14N2O4.2ClH/c1-17-10-5-6(9(14)2-3-12)8(13)4-7(10)11(15)16;;/h4-5H,2-3,12-13H2,1H3,(H,15,16);2*1H. The second kappa shape index (κ2) is 8.58. The van der Waals surface area contributed by atoms with E-state index in [2.05, 4.69) is 0 Å². The molecule has 6 nitrogen and oxygen atoms in total. The van der Waals surface area contributed by atoms with Crippen LogP contribution in [-0.2, 0) is 0 Å². The number of carboxylic acids is 1. The summed E-state index contributed by atoms with van der Waals surface area (Å²) in [5.74, 6) is -1.29. The zero-order chi connectivity index (χ0) is 13.0. The number of benzene rings is 1. The van der Waals surface area contributed by atoms with Gasteiger partial charge in [0.1, 0.15) is 11.3 Å². The SMILES string of the molecule is COc1cc(C(=O)CCN)c(N)cc1C(=O)O.Cl.Cl. The molecule has 0 saturated heterocycles. The molecular formula is C11H16Cl2N2O4. The van der Waals surface area contributed by atoms with Crippen LogP contribution in [0.3, 0.4) is 0 Å². The number of rotatable bonds is 5. The summed E-state index contributed by atoms with van der Waals surface area (Å²) >= 11 is 0. The molecule has 0 heterocycles. The molecule has 0 spiro atoms. The van der Waals surface area contributed by atoms with E-state index in [-0.39, 0.29) is 66.1 Å². The molecule has 8 heteroatoms. The third-order valence-corrected chi connectivity index (χ3v) is 2.27. The van der Waals surface area contributed by atoms with E-state index in [0.29, 0.717) is 0 Å². The van der Waals surface area contributed by atoms with Crippen molar-refractivity contribution in [3.05, 3.63) is 23.3 Å². The molecular weight excluding hydrogens is 295 g/mol. The van der Waals surface area contributed by atoms with E-state index >= 15 is 0 Å². The highest BCUT2D eigenvalue weighted by Crippen LogP contribution is 2.26. The monoisotopic (exact) mass is 310 g/mol. The number of hydrogen-bond acceptors (Lipinski definition) is 5. The molecule has 108 valence electrons. The number of anilines is 1. The van der Waals surface area contributed by atoms with E-state index in [1.807, 2.05) is 0 Å². The lowest BCUT2D eigenvalue weighted by atomic mass is 10.0. The molecule has 0 amide bonds. The first-order valence-corrected chi connectivity index (χ1v) is 4.95. The first kappa shape index (κ1) is 19.8. The van der Waals surface area contributed by atoms with Crippen LogP contribution in [0.25, 0.3) is 0 Å². The average molecular weight is 311 g/mol. The van der Waals surface area contributed by atoms with Crippen molar-refractivity contribution in [1.82, 2.24) is 0 Å². The lowest BCUT2D eigenvalue weighted by Gasteiger charge is -2.10. The first-order chi connectivity index (χ1) is 8.01. The predicted molar refractivity (Wildman–Crippen MR) is 76.9 cm³/mol. The number of nitrogens with two attached hydrogens (primary N) is 2. The number of halogens is 2. The fraction of sp³-hybridized carbons (Fsp3) is 0.273. The zero-order valence-corrected chi connectivity index (χ0v) is 11.8. The van der Waals surface area contributed by atoms with Crippen molar-refractivity contribution >= 4 is 42.3 Å². The normalized spacial score (nSPS) is 8.95. The number of hydrogen-bond donors (Lipinski definition) is 3. The van der Waals surface area contributed by atoms with Crippen LogP contribution in [0.1, 0.15) is 27.1 Å². The van der Waals surface area contributed by atoms with Gasteiger partial charge in [-0.05, 0) is 18.7 Å². The molecule has 5 N–H and O–H groups in total. The molecule has 19 heavy (non-hydrogen) atoms. The number of methoxy groups -OCH3 is 1. The van der Waals surface area contributed by atoms with E-state index < -0.39 is 5.97 Å². The van der Waals surface area contributed by atoms with E-state index in [0.717, 1.165) is 0 Å². The van der Waals surface area contributed by atoms with E-state index in [4.69, 9.17) is 21.3 Å². The lowest BCUT2D eigenvalue weighted by Crippen LogP contribution is -2.12. The van der Waals surface area contributed by atoms with Gasteiger partial charge in [0.25, 0.3) is 0 Å². The summed E-state index contributed by atoms with van der Waals surface area (Å²) in [6.45, 7) is 0.210. The van der Waals surface area contributed by atoms with Gasteiger partial charge in [0.05, 0.1) is 7.11 Å². The average Bonchev–Trinajstić information content (AvgIpc) is 2.28. The minimum absolute atomic E-state index is 0. The molecule has 0 saturated carbocycles. The third-order valence-electron chi connectivity index (χ3n) is 2.27. The van der Waals surface area contributed by atoms with Gasteiger partial charge in [0.2, 0.25) is 0 Å². The van der Waals surface area contributed by atoms with Crippen LogP contribution in [-0.4, -0.2) is 30.5 Å². The second-order valence-corrected chi connectivity index (χ2v) is 3.41. The molecule has 0 fully saturated rings.